The molecule has 0 spiro atoms. The van der Waals surface area contributed by atoms with Crippen molar-refractivity contribution in [3.8, 4) is 5.75 Å². The molecule has 22 heavy (non-hydrogen) atoms. The SMILES string of the molecule is CC[C@@H]([C@H](O)c1ccc(O)c2[nH]c(=O)ccc12)N(O)C(C)C. The van der Waals surface area contributed by atoms with Crippen LogP contribution in [0, 0.1) is 0 Å². The Kier molecular flexibility index (Phi) is 4.85. The van der Waals surface area contributed by atoms with Crippen LogP contribution in [0.4, 0.5) is 0 Å². The molecule has 0 aliphatic rings. The fraction of sp³-hybridized carbons (Fsp3) is 0.438. The molecular formula is C16H22N2O4. The van der Waals surface area contributed by atoms with E-state index >= 15 is 0 Å². The summed E-state index contributed by atoms with van der Waals surface area (Å²) in [6.45, 7) is 5.55. The van der Waals surface area contributed by atoms with Crippen molar-refractivity contribution in [1.82, 2.24) is 10.0 Å². The van der Waals surface area contributed by atoms with E-state index in [4.69, 9.17) is 0 Å². The van der Waals surface area contributed by atoms with E-state index in [1.165, 1.54) is 12.1 Å². The molecule has 0 saturated heterocycles. The molecule has 120 valence electrons. The topological polar surface area (TPSA) is 96.8 Å². The molecule has 0 amide bonds. The molecule has 0 radical (unpaired) electrons. The summed E-state index contributed by atoms with van der Waals surface area (Å²) >= 11 is 0. The van der Waals surface area contributed by atoms with Crippen LogP contribution in [0.5, 0.6) is 5.75 Å². The molecule has 0 fully saturated rings. The standard InChI is InChI=1S/C16H22N2O4/c1-4-12(18(22)9(2)3)16(21)11-5-7-13(19)15-10(11)6-8-14(20)17-15/h5-9,12,16,19,21-22H,4H2,1-3H3,(H,17,20)/t12-,16+/m0/s1. The zero-order valence-electron chi connectivity index (χ0n) is 12.9. The van der Waals surface area contributed by atoms with Crippen molar-refractivity contribution in [3.05, 3.63) is 40.2 Å². The Hall–Kier alpha value is -1.89. The van der Waals surface area contributed by atoms with Crippen LogP contribution in [0.2, 0.25) is 0 Å². The Morgan fingerprint density at radius 2 is 1.91 bits per heavy atom. The number of pyridine rings is 1. The highest BCUT2D eigenvalue weighted by molar-refractivity contribution is 5.87. The quantitative estimate of drug-likeness (QED) is 0.635. The summed E-state index contributed by atoms with van der Waals surface area (Å²) in [5.41, 5.74) is 0.510. The minimum Gasteiger partial charge on any atom is -0.506 e. The van der Waals surface area contributed by atoms with Crippen LogP contribution < -0.4 is 5.56 Å². The normalized spacial score (nSPS) is 14.7. The second-order valence-corrected chi connectivity index (χ2v) is 5.68. The number of aliphatic hydroxyl groups excluding tert-OH is 1. The lowest BCUT2D eigenvalue weighted by molar-refractivity contribution is -0.178. The third kappa shape index (κ3) is 2.99. The highest BCUT2D eigenvalue weighted by Gasteiger charge is 2.28. The van der Waals surface area contributed by atoms with Crippen molar-refractivity contribution in [2.24, 2.45) is 0 Å². The van der Waals surface area contributed by atoms with Gasteiger partial charge in [0.25, 0.3) is 0 Å². The van der Waals surface area contributed by atoms with E-state index in [0.717, 1.165) is 5.06 Å². The number of hydroxylamine groups is 2. The number of aromatic hydroxyl groups is 1. The van der Waals surface area contributed by atoms with Gasteiger partial charge in [-0.15, -0.1) is 0 Å². The second kappa shape index (κ2) is 6.48. The smallest absolute Gasteiger partial charge is 0.248 e. The highest BCUT2D eigenvalue weighted by Crippen LogP contribution is 2.32. The molecule has 0 aliphatic carbocycles. The van der Waals surface area contributed by atoms with E-state index < -0.39 is 12.1 Å². The zero-order valence-corrected chi connectivity index (χ0v) is 12.9. The van der Waals surface area contributed by atoms with Gasteiger partial charge >= 0.3 is 0 Å². The van der Waals surface area contributed by atoms with Crippen LogP contribution in [0.1, 0.15) is 38.9 Å². The van der Waals surface area contributed by atoms with Crippen molar-refractivity contribution in [1.29, 1.82) is 0 Å². The molecule has 0 bridgehead atoms. The summed E-state index contributed by atoms with van der Waals surface area (Å²) in [6, 6.07) is 5.33. The molecule has 2 rings (SSSR count). The van der Waals surface area contributed by atoms with Gasteiger partial charge in [0.05, 0.1) is 17.7 Å². The lowest BCUT2D eigenvalue weighted by Gasteiger charge is -2.32. The Balaban J connectivity index is 2.54. The predicted molar refractivity (Wildman–Crippen MR) is 84.0 cm³/mol. The van der Waals surface area contributed by atoms with E-state index in [9.17, 15) is 20.2 Å². The number of nitrogens with one attached hydrogen (secondary N) is 1. The largest absolute Gasteiger partial charge is 0.506 e. The molecule has 0 saturated carbocycles. The minimum absolute atomic E-state index is 0.0542. The molecule has 1 aromatic heterocycles. The molecule has 2 aromatic rings. The average molecular weight is 306 g/mol. The monoisotopic (exact) mass is 306 g/mol. The first kappa shape index (κ1) is 16.5. The number of aliphatic hydroxyl groups is 1. The van der Waals surface area contributed by atoms with Crippen LogP contribution in [-0.4, -0.2) is 37.6 Å². The maximum atomic E-state index is 11.4. The first-order chi connectivity index (χ1) is 10.4. The number of hydrogen-bond acceptors (Lipinski definition) is 5. The Bertz CT molecular complexity index is 711. The van der Waals surface area contributed by atoms with Gasteiger partial charge in [0, 0.05) is 17.5 Å². The first-order valence-electron chi connectivity index (χ1n) is 7.37. The lowest BCUT2D eigenvalue weighted by Crippen LogP contribution is -2.41. The number of fused-ring (bicyclic) bond motifs is 1. The van der Waals surface area contributed by atoms with Crippen molar-refractivity contribution in [3.63, 3.8) is 0 Å². The number of benzene rings is 1. The minimum atomic E-state index is -0.952. The van der Waals surface area contributed by atoms with Crippen molar-refractivity contribution < 1.29 is 15.4 Å². The Morgan fingerprint density at radius 3 is 2.50 bits per heavy atom. The fourth-order valence-corrected chi connectivity index (χ4v) is 2.66. The van der Waals surface area contributed by atoms with Gasteiger partial charge in [0.15, 0.2) is 0 Å². The predicted octanol–water partition coefficient (Wildman–Crippen LogP) is 2.15. The number of phenols is 1. The fourth-order valence-electron chi connectivity index (χ4n) is 2.66. The van der Waals surface area contributed by atoms with Crippen molar-refractivity contribution >= 4 is 10.9 Å². The number of hydrogen-bond donors (Lipinski definition) is 4. The first-order valence-corrected chi connectivity index (χ1v) is 7.37. The van der Waals surface area contributed by atoms with Gasteiger partial charge in [-0.3, -0.25) is 4.79 Å². The van der Waals surface area contributed by atoms with Gasteiger partial charge in [-0.05, 0) is 38.0 Å². The van der Waals surface area contributed by atoms with Crippen LogP contribution in [0.25, 0.3) is 10.9 Å². The van der Waals surface area contributed by atoms with Crippen LogP contribution in [-0.2, 0) is 0 Å². The Morgan fingerprint density at radius 1 is 1.23 bits per heavy atom. The number of rotatable bonds is 5. The van der Waals surface area contributed by atoms with Crippen LogP contribution in [0.15, 0.2) is 29.1 Å². The van der Waals surface area contributed by atoms with Gasteiger partial charge in [-0.2, -0.15) is 5.06 Å². The summed E-state index contributed by atoms with van der Waals surface area (Å²) in [7, 11) is 0. The van der Waals surface area contributed by atoms with Gasteiger partial charge in [-0.1, -0.05) is 13.0 Å². The third-order valence-corrected chi connectivity index (χ3v) is 3.88. The summed E-state index contributed by atoms with van der Waals surface area (Å²) in [4.78, 5) is 14.0. The molecule has 0 unspecified atom stereocenters. The molecule has 6 nitrogen and oxygen atoms in total. The summed E-state index contributed by atoms with van der Waals surface area (Å²) in [6.07, 6.45) is -0.409. The van der Waals surface area contributed by atoms with E-state index in [1.54, 1.807) is 12.1 Å². The summed E-state index contributed by atoms with van der Waals surface area (Å²) in [5, 5.41) is 32.4. The van der Waals surface area contributed by atoms with Crippen LogP contribution >= 0.6 is 0 Å². The third-order valence-electron chi connectivity index (χ3n) is 3.88. The van der Waals surface area contributed by atoms with Gasteiger partial charge in [0.2, 0.25) is 5.56 Å². The summed E-state index contributed by atoms with van der Waals surface area (Å²) < 4.78 is 0. The second-order valence-electron chi connectivity index (χ2n) is 5.68. The zero-order chi connectivity index (χ0) is 16.4. The molecule has 1 heterocycles. The van der Waals surface area contributed by atoms with Gasteiger partial charge < -0.3 is 20.4 Å². The van der Waals surface area contributed by atoms with E-state index in [2.05, 4.69) is 4.98 Å². The lowest BCUT2D eigenvalue weighted by atomic mass is 9.95. The molecule has 0 aliphatic heterocycles. The molecule has 4 N–H and O–H groups in total. The molecule has 2 atom stereocenters. The van der Waals surface area contributed by atoms with Crippen molar-refractivity contribution in [2.45, 2.75) is 45.4 Å². The van der Waals surface area contributed by atoms with E-state index in [1.807, 2.05) is 20.8 Å². The molecular weight excluding hydrogens is 284 g/mol. The van der Waals surface area contributed by atoms with Gasteiger partial charge in [-0.25, -0.2) is 0 Å². The maximum absolute atomic E-state index is 11.4. The average Bonchev–Trinajstić information content (AvgIpc) is 2.48. The number of nitrogens with zero attached hydrogens (tertiary/aromatic N) is 1. The molecule has 1 aromatic carbocycles. The summed E-state index contributed by atoms with van der Waals surface area (Å²) in [5.74, 6) is -0.0542. The number of aromatic nitrogens is 1. The number of phenolic OH excluding ortho intramolecular Hbond substituents is 1. The number of aromatic amines is 1. The van der Waals surface area contributed by atoms with Crippen LogP contribution in [0.3, 0.4) is 0 Å². The van der Waals surface area contributed by atoms with E-state index in [0.29, 0.717) is 17.4 Å². The number of H-pyrrole nitrogens is 1. The van der Waals surface area contributed by atoms with Gasteiger partial charge in [0.1, 0.15) is 5.75 Å². The molecule has 6 heteroatoms. The maximum Gasteiger partial charge on any atom is 0.248 e. The Labute approximate surface area is 128 Å². The highest BCUT2D eigenvalue weighted by atomic mass is 16.5. The van der Waals surface area contributed by atoms with Crippen molar-refractivity contribution in [2.75, 3.05) is 0 Å². The van der Waals surface area contributed by atoms with E-state index in [-0.39, 0.29) is 22.9 Å².